The molecule has 4 rings (SSSR count). The molecule has 1 fully saturated rings. The van der Waals surface area contributed by atoms with Crippen molar-refractivity contribution >= 4 is 23.1 Å². The number of aliphatic hydroxyl groups excluding tert-OH is 1. The molecule has 1 aliphatic rings. The van der Waals surface area contributed by atoms with Gasteiger partial charge in [-0.3, -0.25) is 14.5 Å². The minimum Gasteiger partial charge on any atom is -0.507 e. The first-order valence-electron chi connectivity index (χ1n) is 12.1. The monoisotopic (exact) mass is 469 g/mol. The average Bonchev–Trinajstić information content (AvgIpc) is 3.12. The van der Waals surface area contributed by atoms with Crippen LogP contribution in [0.25, 0.3) is 5.76 Å². The summed E-state index contributed by atoms with van der Waals surface area (Å²) in [5, 5.41) is 11.3. The lowest BCUT2D eigenvalue weighted by molar-refractivity contribution is -0.132. The Balaban J connectivity index is 1.77. The SMILES string of the molecule is CCCCCOc1ccc(/C(O)=C2\C(=O)C(=O)N(c3cccc(C)c3)C2c2ccccc2C)cc1. The van der Waals surface area contributed by atoms with Gasteiger partial charge in [0, 0.05) is 11.3 Å². The van der Waals surface area contributed by atoms with Crippen LogP contribution >= 0.6 is 0 Å². The number of anilines is 1. The van der Waals surface area contributed by atoms with Gasteiger partial charge in [0.25, 0.3) is 11.7 Å². The second-order valence-electron chi connectivity index (χ2n) is 8.94. The highest BCUT2D eigenvalue weighted by Crippen LogP contribution is 2.43. The molecule has 180 valence electrons. The molecule has 0 aliphatic carbocycles. The molecule has 1 heterocycles. The third-order valence-electron chi connectivity index (χ3n) is 6.35. The van der Waals surface area contributed by atoms with Crippen molar-refractivity contribution in [1.82, 2.24) is 0 Å². The summed E-state index contributed by atoms with van der Waals surface area (Å²) in [7, 11) is 0. The first-order valence-corrected chi connectivity index (χ1v) is 12.1. The van der Waals surface area contributed by atoms with Crippen LogP contribution in [0.1, 0.15) is 54.5 Å². The quantitative estimate of drug-likeness (QED) is 0.177. The Morgan fingerprint density at radius 3 is 2.37 bits per heavy atom. The summed E-state index contributed by atoms with van der Waals surface area (Å²) < 4.78 is 5.77. The third-order valence-corrected chi connectivity index (χ3v) is 6.35. The van der Waals surface area contributed by atoms with Gasteiger partial charge in [0.15, 0.2) is 0 Å². The summed E-state index contributed by atoms with van der Waals surface area (Å²) in [6.07, 6.45) is 3.22. The Hall–Kier alpha value is -3.86. The number of Topliss-reactive ketones (excluding diaryl/α,β-unsaturated/α-hetero) is 1. The van der Waals surface area contributed by atoms with Crippen LogP contribution in [0.5, 0.6) is 5.75 Å². The van der Waals surface area contributed by atoms with E-state index in [1.807, 2.05) is 62.4 Å². The molecule has 0 aromatic heterocycles. The number of hydrogen-bond donors (Lipinski definition) is 1. The van der Waals surface area contributed by atoms with Gasteiger partial charge in [-0.1, -0.05) is 56.2 Å². The van der Waals surface area contributed by atoms with E-state index in [2.05, 4.69) is 6.92 Å². The molecule has 35 heavy (non-hydrogen) atoms. The van der Waals surface area contributed by atoms with Crippen LogP contribution in [0, 0.1) is 13.8 Å². The maximum Gasteiger partial charge on any atom is 0.300 e. The zero-order chi connectivity index (χ0) is 24.9. The molecule has 0 spiro atoms. The van der Waals surface area contributed by atoms with Crippen molar-refractivity contribution in [2.45, 2.75) is 46.1 Å². The van der Waals surface area contributed by atoms with E-state index in [-0.39, 0.29) is 11.3 Å². The highest BCUT2D eigenvalue weighted by atomic mass is 16.5. The predicted molar refractivity (Wildman–Crippen MR) is 139 cm³/mol. The molecule has 0 bridgehead atoms. The molecular formula is C30H31NO4. The molecule has 3 aromatic carbocycles. The Kier molecular flexibility index (Phi) is 7.35. The molecule has 0 saturated carbocycles. The smallest absolute Gasteiger partial charge is 0.300 e. The van der Waals surface area contributed by atoms with E-state index in [1.165, 1.54) is 4.90 Å². The van der Waals surface area contributed by atoms with Gasteiger partial charge in [-0.25, -0.2) is 0 Å². The lowest BCUT2D eigenvalue weighted by atomic mass is 9.92. The predicted octanol–water partition coefficient (Wildman–Crippen LogP) is 6.50. The molecule has 1 saturated heterocycles. The number of nitrogens with zero attached hydrogens (tertiary/aromatic N) is 1. The third kappa shape index (κ3) is 4.99. The van der Waals surface area contributed by atoms with Gasteiger partial charge in [0.2, 0.25) is 0 Å². The van der Waals surface area contributed by atoms with Gasteiger partial charge in [-0.15, -0.1) is 0 Å². The van der Waals surface area contributed by atoms with E-state index >= 15 is 0 Å². The van der Waals surface area contributed by atoms with Gasteiger partial charge in [-0.05, 0) is 73.4 Å². The largest absolute Gasteiger partial charge is 0.507 e. The molecule has 1 unspecified atom stereocenters. The number of benzene rings is 3. The van der Waals surface area contributed by atoms with E-state index in [1.54, 1.807) is 24.3 Å². The average molecular weight is 470 g/mol. The Morgan fingerprint density at radius 1 is 0.943 bits per heavy atom. The van der Waals surface area contributed by atoms with E-state index < -0.39 is 17.7 Å². The second kappa shape index (κ2) is 10.6. The zero-order valence-corrected chi connectivity index (χ0v) is 20.5. The number of unbranched alkanes of at least 4 members (excludes halogenated alkanes) is 2. The number of aryl methyl sites for hydroxylation is 2. The molecule has 5 heteroatoms. The summed E-state index contributed by atoms with van der Waals surface area (Å²) in [6.45, 7) is 6.66. The summed E-state index contributed by atoms with van der Waals surface area (Å²) in [4.78, 5) is 28.1. The van der Waals surface area contributed by atoms with Crippen molar-refractivity contribution in [2.24, 2.45) is 0 Å². The van der Waals surface area contributed by atoms with Crippen molar-refractivity contribution in [3.05, 3.63) is 101 Å². The Morgan fingerprint density at radius 2 is 1.69 bits per heavy atom. The van der Waals surface area contributed by atoms with Crippen LogP contribution in [0.4, 0.5) is 5.69 Å². The molecule has 1 N–H and O–H groups in total. The molecule has 5 nitrogen and oxygen atoms in total. The van der Waals surface area contributed by atoms with Crippen molar-refractivity contribution in [1.29, 1.82) is 0 Å². The van der Waals surface area contributed by atoms with E-state index in [0.29, 0.717) is 23.6 Å². The molecule has 1 aliphatic heterocycles. The molecule has 3 aromatic rings. The molecule has 1 atom stereocenters. The number of hydrogen-bond acceptors (Lipinski definition) is 4. The number of ketones is 1. The highest BCUT2D eigenvalue weighted by molar-refractivity contribution is 6.51. The van der Waals surface area contributed by atoms with Crippen LogP contribution in [0.15, 0.2) is 78.4 Å². The van der Waals surface area contributed by atoms with Gasteiger partial charge in [0.05, 0.1) is 18.2 Å². The van der Waals surface area contributed by atoms with Crippen molar-refractivity contribution in [3.63, 3.8) is 0 Å². The van der Waals surface area contributed by atoms with Crippen LogP contribution in [0.2, 0.25) is 0 Å². The maximum atomic E-state index is 13.3. The first kappa shape index (κ1) is 24.3. The number of aliphatic hydroxyl groups is 1. The first-order chi connectivity index (χ1) is 16.9. The molecule has 1 amide bonds. The standard InChI is InChI=1S/C30H31NO4/c1-4-5-8-18-35-24-16-14-22(15-17-24)28(32)26-27(25-13-7-6-11-21(25)3)31(30(34)29(26)33)23-12-9-10-20(2)19-23/h6-7,9-17,19,27,32H,4-5,8,18H2,1-3H3/b28-26+. The van der Waals surface area contributed by atoms with E-state index in [4.69, 9.17) is 4.74 Å². The van der Waals surface area contributed by atoms with Crippen LogP contribution in [0.3, 0.4) is 0 Å². The van der Waals surface area contributed by atoms with Crippen molar-refractivity contribution < 1.29 is 19.4 Å². The maximum absolute atomic E-state index is 13.3. The van der Waals surface area contributed by atoms with E-state index in [9.17, 15) is 14.7 Å². The number of rotatable bonds is 8. The number of ether oxygens (including phenoxy) is 1. The fourth-order valence-electron chi connectivity index (χ4n) is 4.47. The second-order valence-corrected chi connectivity index (χ2v) is 8.94. The van der Waals surface area contributed by atoms with Crippen molar-refractivity contribution in [3.8, 4) is 5.75 Å². The van der Waals surface area contributed by atoms with Crippen LogP contribution < -0.4 is 9.64 Å². The number of carbonyl (C=O) groups is 2. The van der Waals surface area contributed by atoms with Gasteiger partial charge in [0.1, 0.15) is 11.5 Å². The van der Waals surface area contributed by atoms with Gasteiger partial charge >= 0.3 is 0 Å². The van der Waals surface area contributed by atoms with Gasteiger partial charge in [-0.2, -0.15) is 0 Å². The minimum atomic E-state index is -0.733. The fraction of sp³-hybridized carbons (Fsp3) is 0.267. The molecule has 0 radical (unpaired) electrons. The van der Waals surface area contributed by atoms with Crippen LogP contribution in [-0.2, 0) is 9.59 Å². The van der Waals surface area contributed by atoms with Crippen LogP contribution in [-0.4, -0.2) is 23.4 Å². The van der Waals surface area contributed by atoms with E-state index in [0.717, 1.165) is 36.0 Å². The summed E-state index contributed by atoms with van der Waals surface area (Å²) >= 11 is 0. The fourth-order valence-corrected chi connectivity index (χ4v) is 4.47. The lowest BCUT2D eigenvalue weighted by Gasteiger charge is -2.27. The summed E-state index contributed by atoms with van der Waals surface area (Å²) in [5.74, 6) is -0.837. The Bertz CT molecular complexity index is 1260. The summed E-state index contributed by atoms with van der Waals surface area (Å²) in [5.41, 5.74) is 3.87. The normalized spacial score (nSPS) is 17.1. The molecular weight excluding hydrogens is 438 g/mol. The highest BCUT2D eigenvalue weighted by Gasteiger charge is 2.47. The number of amides is 1. The topological polar surface area (TPSA) is 66.8 Å². The minimum absolute atomic E-state index is 0.0856. The van der Waals surface area contributed by atoms with Gasteiger partial charge < -0.3 is 9.84 Å². The lowest BCUT2D eigenvalue weighted by Crippen LogP contribution is -2.29. The number of carbonyl (C=O) groups excluding carboxylic acids is 2. The zero-order valence-electron chi connectivity index (χ0n) is 20.5. The summed E-state index contributed by atoms with van der Waals surface area (Å²) in [6, 6.07) is 21.4. The van der Waals surface area contributed by atoms with Crippen molar-refractivity contribution in [2.75, 3.05) is 11.5 Å². The Labute approximate surface area is 206 Å².